The van der Waals surface area contributed by atoms with E-state index < -0.39 is 51.2 Å². The van der Waals surface area contributed by atoms with Gasteiger partial charge in [0.2, 0.25) is 0 Å². The highest BCUT2D eigenvalue weighted by atomic mass is 28.4. The largest absolute Gasteiger partial charge is 0.459 e. The molecule has 28 heavy (non-hydrogen) atoms. The smallest absolute Gasteiger partial charge is 0.303 e. The van der Waals surface area contributed by atoms with E-state index in [0.29, 0.717) is 0 Å². The first-order valence-electron chi connectivity index (χ1n) is 9.15. The minimum Gasteiger partial charge on any atom is -0.459 e. The maximum absolute atomic E-state index is 11.8. The quantitative estimate of drug-likeness (QED) is 0.243. The summed E-state index contributed by atoms with van der Waals surface area (Å²) in [7, 11) is -2.04. The Morgan fingerprint density at radius 1 is 1.25 bits per heavy atom. The Balaban J connectivity index is 1.89. The van der Waals surface area contributed by atoms with Gasteiger partial charge in [0.25, 0.3) is 0 Å². The Bertz CT molecular complexity index is 737. The van der Waals surface area contributed by atoms with Crippen molar-refractivity contribution in [2.75, 3.05) is 6.61 Å². The first-order valence-corrected chi connectivity index (χ1v) is 12.6. The van der Waals surface area contributed by atoms with Gasteiger partial charge in [0.05, 0.1) is 6.61 Å². The van der Waals surface area contributed by atoms with Gasteiger partial charge in [-0.05, 0) is 25.2 Å². The molecule has 0 spiro atoms. The molecule has 9 nitrogen and oxygen atoms in total. The number of carbonyl (C=O) groups excluding carboxylic acids is 1. The van der Waals surface area contributed by atoms with E-state index in [-0.39, 0.29) is 6.61 Å². The third-order valence-electron chi connectivity index (χ3n) is 4.34. The van der Waals surface area contributed by atoms with Crippen LogP contribution >= 0.6 is 0 Å². The van der Waals surface area contributed by atoms with Crippen LogP contribution in [0.15, 0.2) is 35.4 Å². The zero-order valence-corrected chi connectivity index (χ0v) is 17.3. The SMILES string of the molecule is CC(=O)O[C@H]1[C@@H]2O[C@H](c3ccccc3)OC[C@H]2OC(O[Si](C)(C)C)[C@@H]1N=[N+]=[N-]. The molecule has 10 heteroatoms. The molecule has 2 saturated heterocycles. The Kier molecular flexibility index (Phi) is 6.39. The molecule has 152 valence electrons. The van der Waals surface area contributed by atoms with Gasteiger partial charge in [0.1, 0.15) is 24.4 Å². The summed E-state index contributed by atoms with van der Waals surface area (Å²) in [5.74, 6) is -0.498. The lowest BCUT2D eigenvalue weighted by Crippen LogP contribution is -2.63. The van der Waals surface area contributed by atoms with Crippen molar-refractivity contribution in [1.29, 1.82) is 0 Å². The van der Waals surface area contributed by atoms with Crippen LogP contribution in [0, 0.1) is 0 Å². The summed E-state index contributed by atoms with van der Waals surface area (Å²) >= 11 is 0. The fourth-order valence-electron chi connectivity index (χ4n) is 3.29. The molecule has 2 fully saturated rings. The van der Waals surface area contributed by atoms with E-state index >= 15 is 0 Å². The number of nitrogens with zero attached hydrogens (tertiary/aromatic N) is 3. The zero-order valence-electron chi connectivity index (χ0n) is 16.3. The maximum atomic E-state index is 11.8. The fraction of sp³-hybridized carbons (Fsp3) is 0.611. The molecule has 1 unspecified atom stereocenters. The van der Waals surface area contributed by atoms with Crippen molar-refractivity contribution in [1.82, 2.24) is 0 Å². The minimum absolute atomic E-state index is 0.233. The number of esters is 1. The lowest BCUT2D eigenvalue weighted by Gasteiger charge is -2.48. The van der Waals surface area contributed by atoms with Gasteiger partial charge in [-0.3, -0.25) is 4.79 Å². The third kappa shape index (κ3) is 4.91. The second-order valence-corrected chi connectivity index (χ2v) is 12.2. The van der Waals surface area contributed by atoms with E-state index in [4.69, 9.17) is 28.9 Å². The second kappa shape index (κ2) is 8.60. The summed E-state index contributed by atoms with van der Waals surface area (Å²) in [5, 5.41) is 3.83. The highest BCUT2D eigenvalue weighted by molar-refractivity contribution is 6.69. The number of fused-ring (bicyclic) bond motifs is 1. The van der Waals surface area contributed by atoms with Gasteiger partial charge < -0.3 is 23.4 Å². The lowest BCUT2D eigenvalue weighted by atomic mass is 9.96. The molecule has 0 bridgehead atoms. The Hall–Kier alpha value is -1.94. The molecule has 2 aliphatic heterocycles. The van der Waals surface area contributed by atoms with E-state index in [9.17, 15) is 4.79 Å². The van der Waals surface area contributed by atoms with E-state index in [0.717, 1.165) is 5.56 Å². The van der Waals surface area contributed by atoms with Crippen molar-refractivity contribution in [2.24, 2.45) is 5.11 Å². The average Bonchev–Trinajstić information content (AvgIpc) is 2.63. The van der Waals surface area contributed by atoms with Gasteiger partial charge in [-0.2, -0.15) is 0 Å². The lowest BCUT2D eigenvalue weighted by molar-refractivity contribution is -0.333. The molecule has 1 aromatic carbocycles. The number of benzene rings is 1. The number of carbonyl (C=O) groups is 1. The molecule has 0 saturated carbocycles. The molecule has 0 N–H and O–H groups in total. The summed E-state index contributed by atoms with van der Waals surface area (Å²) in [5.41, 5.74) is 9.90. The van der Waals surface area contributed by atoms with Crippen molar-refractivity contribution in [3.63, 3.8) is 0 Å². The topological polar surface area (TPSA) is 112 Å². The van der Waals surface area contributed by atoms with E-state index in [1.54, 1.807) is 0 Å². The van der Waals surface area contributed by atoms with Crippen LogP contribution < -0.4 is 0 Å². The third-order valence-corrected chi connectivity index (χ3v) is 5.28. The van der Waals surface area contributed by atoms with Gasteiger partial charge in [-0.25, -0.2) is 0 Å². The number of hydrogen-bond donors (Lipinski definition) is 0. The van der Waals surface area contributed by atoms with Crippen LogP contribution in [0.5, 0.6) is 0 Å². The second-order valence-electron chi connectivity index (χ2n) is 7.72. The van der Waals surface area contributed by atoms with Crippen LogP contribution in [0.4, 0.5) is 0 Å². The summed E-state index contributed by atoms with van der Waals surface area (Å²) < 4.78 is 29.5. The Morgan fingerprint density at radius 3 is 2.57 bits per heavy atom. The monoisotopic (exact) mass is 407 g/mol. The highest BCUT2D eigenvalue weighted by Gasteiger charge is 2.52. The molecule has 6 atom stereocenters. The van der Waals surface area contributed by atoms with Crippen LogP contribution in [0.3, 0.4) is 0 Å². The first-order chi connectivity index (χ1) is 13.3. The van der Waals surface area contributed by atoms with Crippen molar-refractivity contribution in [3.8, 4) is 0 Å². The van der Waals surface area contributed by atoms with Crippen molar-refractivity contribution >= 4 is 14.3 Å². The molecule has 0 amide bonds. The van der Waals surface area contributed by atoms with Crippen molar-refractivity contribution in [3.05, 3.63) is 46.3 Å². The zero-order chi connectivity index (χ0) is 20.3. The molecule has 0 radical (unpaired) electrons. The molecule has 1 aromatic rings. The van der Waals surface area contributed by atoms with Gasteiger partial charge in [0, 0.05) is 17.4 Å². The predicted molar refractivity (Wildman–Crippen MR) is 102 cm³/mol. The summed E-state index contributed by atoms with van der Waals surface area (Å²) in [6.07, 6.45) is -3.49. The number of rotatable bonds is 5. The normalized spacial score (nSPS) is 32.7. The van der Waals surface area contributed by atoms with Crippen molar-refractivity contribution in [2.45, 2.75) is 63.5 Å². The summed E-state index contributed by atoms with van der Waals surface area (Å²) in [4.78, 5) is 14.7. The number of azide groups is 1. The van der Waals surface area contributed by atoms with E-state index in [2.05, 4.69) is 10.0 Å². The van der Waals surface area contributed by atoms with E-state index in [1.165, 1.54) is 6.92 Å². The average molecular weight is 407 g/mol. The number of ether oxygens (including phenoxy) is 4. The van der Waals surface area contributed by atoms with Gasteiger partial charge in [-0.1, -0.05) is 35.4 Å². The van der Waals surface area contributed by atoms with Crippen LogP contribution in [-0.4, -0.2) is 51.5 Å². The molecule has 2 heterocycles. The van der Waals surface area contributed by atoms with Crippen LogP contribution in [0.1, 0.15) is 18.8 Å². The first kappa shape index (κ1) is 20.8. The fourth-order valence-corrected chi connectivity index (χ4v) is 4.19. The Morgan fingerprint density at radius 2 is 1.96 bits per heavy atom. The number of hydrogen-bond acceptors (Lipinski definition) is 7. The minimum atomic E-state index is -2.04. The van der Waals surface area contributed by atoms with Gasteiger partial charge in [0.15, 0.2) is 20.9 Å². The summed E-state index contributed by atoms with van der Waals surface area (Å²) in [6, 6.07) is 8.58. The molecule has 0 aliphatic carbocycles. The van der Waals surface area contributed by atoms with Crippen LogP contribution in [-0.2, 0) is 28.2 Å². The van der Waals surface area contributed by atoms with Crippen LogP contribution in [0.2, 0.25) is 19.6 Å². The standard InChI is InChI=1S/C18H25N3O6Si/c1-11(22)24-16-14(20-21-19)18(27-28(2,3)4)25-13-10-23-17(26-15(13)16)12-8-6-5-7-9-12/h5-9,13-18H,10H2,1-4H3/t13-,14-,15-,16-,17-,18?/m1/s1. The van der Waals surface area contributed by atoms with Crippen molar-refractivity contribution < 1.29 is 28.2 Å². The molecular weight excluding hydrogens is 382 g/mol. The Labute approximate surface area is 164 Å². The van der Waals surface area contributed by atoms with E-state index in [1.807, 2.05) is 50.0 Å². The van der Waals surface area contributed by atoms with Crippen LogP contribution in [0.25, 0.3) is 10.4 Å². The molecular formula is C18H25N3O6Si. The predicted octanol–water partition coefficient (Wildman–Crippen LogP) is 3.29. The summed E-state index contributed by atoms with van der Waals surface area (Å²) in [6.45, 7) is 7.53. The molecule has 0 aromatic heterocycles. The highest BCUT2D eigenvalue weighted by Crippen LogP contribution is 2.37. The van der Waals surface area contributed by atoms with Gasteiger partial charge >= 0.3 is 5.97 Å². The maximum Gasteiger partial charge on any atom is 0.303 e. The van der Waals surface area contributed by atoms with Gasteiger partial charge in [-0.15, -0.1) is 0 Å². The molecule has 3 rings (SSSR count). The molecule has 2 aliphatic rings.